The normalized spacial score (nSPS) is 12.6. The number of esters is 1. The second kappa shape index (κ2) is 7.32. The Labute approximate surface area is 152 Å². The molecule has 0 aliphatic heterocycles. The third-order valence-corrected chi connectivity index (χ3v) is 12.5. The highest BCUT2D eigenvalue weighted by Gasteiger charge is 2.46. The van der Waals surface area contributed by atoms with Gasteiger partial charge < -0.3 is 8.97 Å². The average Bonchev–Trinajstić information content (AvgIpc) is 2.97. The zero-order chi connectivity index (χ0) is 18.9. The number of nitrogens with zero attached hydrogens (tertiary/aromatic N) is 2. The number of pyridine rings is 1. The lowest BCUT2D eigenvalue weighted by atomic mass is 10.0. The van der Waals surface area contributed by atoms with Crippen molar-refractivity contribution in [3.8, 4) is 0 Å². The topological polar surface area (TPSA) is 44.1 Å². The summed E-state index contributed by atoms with van der Waals surface area (Å²) in [6.07, 6.45) is 4.70. The van der Waals surface area contributed by atoms with Gasteiger partial charge in [0.1, 0.15) is 5.65 Å². The first-order chi connectivity index (χ1) is 11.7. The standard InChI is InChI=1S/C20H32N2O2Si/c1-9-16-17-10-11-22(19(17)21-12-18(16)20(23)24-8)25(13(2)3,14(4)5)15(6)7/h10-15H,9H2,1-8H3. The van der Waals surface area contributed by atoms with Crippen LogP contribution in [0.1, 0.15) is 64.4 Å². The van der Waals surface area contributed by atoms with Gasteiger partial charge in [0.05, 0.1) is 12.7 Å². The van der Waals surface area contributed by atoms with E-state index in [0.717, 1.165) is 23.0 Å². The molecule has 0 unspecified atom stereocenters. The number of methoxy groups -OCH3 is 1. The van der Waals surface area contributed by atoms with Crippen LogP contribution in [-0.4, -0.2) is 30.5 Å². The van der Waals surface area contributed by atoms with E-state index in [1.54, 1.807) is 6.20 Å². The maximum Gasteiger partial charge on any atom is 0.339 e. The molecule has 25 heavy (non-hydrogen) atoms. The van der Waals surface area contributed by atoms with Crippen LogP contribution >= 0.6 is 0 Å². The van der Waals surface area contributed by atoms with Crippen molar-refractivity contribution in [1.82, 2.24) is 9.22 Å². The lowest BCUT2D eigenvalue weighted by molar-refractivity contribution is 0.0599. The van der Waals surface area contributed by atoms with Gasteiger partial charge in [-0.2, -0.15) is 0 Å². The minimum Gasteiger partial charge on any atom is -0.465 e. The molecule has 2 aromatic rings. The van der Waals surface area contributed by atoms with Gasteiger partial charge in [-0.3, -0.25) is 0 Å². The monoisotopic (exact) mass is 360 g/mol. The first kappa shape index (κ1) is 19.7. The molecule has 0 aliphatic rings. The summed E-state index contributed by atoms with van der Waals surface area (Å²) in [7, 11) is -0.444. The molecular formula is C20H32N2O2Si. The summed E-state index contributed by atoms with van der Waals surface area (Å²) in [5.41, 5.74) is 4.42. The van der Waals surface area contributed by atoms with E-state index in [9.17, 15) is 4.79 Å². The van der Waals surface area contributed by atoms with Crippen molar-refractivity contribution in [2.45, 2.75) is 71.5 Å². The number of carbonyl (C=O) groups is 1. The maximum atomic E-state index is 12.1. The molecule has 0 N–H and O–H groups in total. The molecule has 138 valence electrons. The van der Waals surface area contributed by atoms with E-state index in [0.29, 0.717) is 22.2 Å². The lowest BCUT2D eigenvalue weighted by Gasteiger charge is -2.44. The summed E-state index contributed by atoms with van der Waals surface area (Å²) in [5.74, 6) is -0.306. The third kappa shape index (κ3) is 2.92. The highest BCUT2D eigenvalue weighted by Crippen LogP contribution is 2.44. The molecule has 0 radical (unpaired) electrons. The molecule has 4 nitrogen and oxygen atoms in total. The van der Waals surface area contributed by atoms with Gasteiger partial charge in [0.25, 0.3) is 0 Å². The largest absolute Gasteiger partial charge is 0.465 e. The van der Waals surface area contributed by atoms with Crippen LogP contribution < -0.4 is 0 Å². The van der Waals surface area contributed by atoms with Crippen LogP contribution in [0.15, 0.2) is 18.5 Å². The zero-order valence-corrected chi connectivity index (χ0v) is 17.9. The molecule has 2 aromatic heterocycles. The van der Waals surface area contributed by atoms with Crippen LogP contribution in [0.3, 0.4) is 0 Å². The average molecular weight is 361 g/mol. The van der Waals surface area contributed by atoms with Crippen LogP contribution in [0.2, 0.25) is 16.6 Å². The molecule has 0 atom stereocenters. The van der Waals surface area contributed by atoms with E-state index in [1.807, 2.05) is 0 Å². The zero-order valence-electron chi connectivity index (χ0n) is 16.9. The Hall–Kier alpha value is -1.62. The summed E-state index contributed by atoms with van der Waals surface area (Å²) < 4.78 is 7.43. The van der Waals surface area contributed by atoms with Gasteiger partial charge in [0.15, 0.2) is 8.24 Å². The first-order valence-corrected chi connectivity index (χ1v) is 11.5. The van der Waals surface area contributed by atoms with Crippen LogP contribution in [0.5, 0.6) is 0 Å². The van der Waals surface area contributed by atoms with Gasteiger partial charge >= 0.3 is 5.97 Å². The van der Waals surface area contributed by atoms with Crippen molar-refractivity contribution in [3.63, 3.8) is 0 Å². The third-order valence-electron chi connectivity index (χ3n) is 5.78. The molecule has 0 bridgehead atoms. The molecule has 5 heteroatoms. The van der Waals surface area contributed by atoms with Crippen molar-refractivity contribution in [3.05, 3.63) is 29.6 Å². The Morgan fingerprint density at radius 3 is 2.16 bits per heavy atom. The summed E-state index contributed by atoms with van der Waals surface area (Å²) >= 11 is 0. The Balaban J connectivity index is 2.82. The first-order valence-electron chi connectivity index (χ1n) is 9.31. The second-order valence-electron chi connectivity index (χ2n) is 7.77. The number of fused-ring (bicyclic) bond motifs is 1. The second-order valence-corrected chi connectivity index (χ2v) is 13.5. The number of hydrogen-bond acceptors (Lipinski definition) is 3. The lowest BCUT2D eigenvalue weighted by Crippen LogP contribution is -2.51. The van der Waals surface area contributed by atoms with Crippen molar-refractivity contribution >= 4 is 25.2 Å². The molecule has 0 fully saturated rings. The molecular weight excluding hydrogens is 328 g/mol. The Bertz CT molecular complexity index is 741. The van der Waals surface area contributed by atoms with E-state index in [1.165, 1.54) is 7.11 Å². The van der Waals surface area contributed by atoms with E-state index in [-0.39, 0.29) is 5.97 Å². The molecule has 0 aromatic carbocycles. The fraction of sp³-hybridized carbons (Fsp3) is 0.600. The molecule has 0 spiro atoms. The summed E-state index contributed by atoms with van der Waals surface area (Å²) in [6.45, 7) is 16.2. The number of aryl methyl sites for hydroxylation is 1. The minimum atomic E-state index is -1.87. The Morgan fingerprint density at radius 2 is 1.72 bits per heavy atom. The minimum absolute atomic E-state index is 0.306. The van der Waals surface area contributed by atoms with Crippen molar-refractivity contribution < 1.29 is 9.53 Å². The summed E-state index contributed by atoms with van der Waals surface area (Å²) in [6, 6.07) is 2.14. The summed E-state index contributed by atoms with van der Waals surface area (Å²) in [4.78, 5) is 16.8. The Kier molecular flexibility index (Phi) is 5.77. The number of ether oxygens (including phenoxy) is 1. The molecule has 2 rings (SSSR count). The van der Waals surface area contributed by atoms with E-state index in [2.05, 4.69) is 65.0 Å². The molecule has 0 saturated heterocycles. The van der Waals surface area contributed by atoms with Gasteiger partial charge in [-0.15, -0.1) is 0 Å². The smallest absolute Gasteiger partial charge is 0.339 e. The van der Waals surface area contributed by atoms with Gasteiger partial charge in [-0.1, -0.05) is 48.5 Å². The fourth-order valence-corrected chi connectivity index (χ4v) is 11.5. The van der Waals surface area contributed by atoms with Crippen molar-refractivity contribution in [1.29, 1.82) is 0 Å². The predicted molar refractivity (Wildman–Crippen MR) is 107 cm³/mol. The molecule has 0 aliphatic carbocycles. The SMILES string of the molecule is CCc1c(C(=O)OC)cnc2c1ccn2[Si](C(C)C)(C(C)C)C(C)C. The van der Waals surface area contributed by atoms with Crippen LogP contribution in [0, 0.1) is 0 Å². The number of rotatable bonds is 6. The van der Waals surface area contributed by atoms with Crippen LogP contribution in [0.25, 0.3) is 11.0 Å². The van der Waals surface area contributed by atoms with Crippen molar-refractivity contribution in [2.24, 2.45) is 0 Å². The van der Waals surface area contributed by atoms with E-state index < -0.39 is 8.24 Å². The van der Waals surface area contributed by atoms with E-state index in [4.69, 9.17) is 9.72 Å². The fourth-order valence-electron chi connectivity index (χ4n) is 4.95. The summed E-state index contributed by atoms with van der Waals surface area (Å²) in [5, 5.41) is 1.09. The molecule has 2 heterocycles. The molecule has 0 amide bonds. The van der Waals surface area contributed by atoms with Crippen LogP contribution in [-0.2, 0) is 11.2 Å². The highest BCUT2D eigenvalue weighted by molar-refractivity contribution is 6.82. The van der Waals surface area contributed by atoms with Gasteiger partial charge in [0.2, 0.25) is 0 Å². The number of hydrogen-bond donors (Lipinski definition) is 0. The maximum absolute atomic E-state index is 12.1. The van der Waals surface area contributed by atoms with Crippen LogP contribution in [0.4, 0.5) is 0 Å². The number of carbonyl (C=O) groups excluding carboxylic acids is 1. The highest BCUT2D eigenvalue weighted by atomic mass is 28.3. The van der Waals surface area contributed by atoms with Gasteiger partial charge in [-0.05, 0) is 40.9 Å². The van der Waals surface area contributed by atoms with Gasteiger partial charge in [0, 0.05) is 11.6 Å². The van der Waals surface area contributed by atoms with Crippen molar-refractivity contribution in [2.75, 3.05) is 7.11 Å². The molecule has 0 saturated carbocycles. The van der Waals surface area contributed by atoms with Gasteiger partial charge in [-0.25, -0.2) is 9.78 Å². The van der Waals surface area contributed by atoms with E-state index >= 15 is 0 Å². The number of aromatic nitrogens is 2. The Morgan fingerprint density at radius 1 is 1.16 bits per heavy atom. The quantitative estimate of drug-likeness (QED) is 0.511. The predicted octanol–water partition coefficient (Wildman–Crippen LogP) is 5.41.